The molecule has 0 aromatic heterocycles. The number of ether oxygens (including phenoxy) is 13. The van der Waals surface area contributed by atoms with Gasteiger partial charge in [-0.3, -0.25) is 4.79 Å². The molecule has 300 valence electrons. The molecule has 0 amide bonds. The lowest BCUT2D eigenvalue weighted by molar-refractivity contribution is -0.145. The zero-order valence-electron chi connectivity index (χ0n) is 31.7. The van der Waals surface area contributed by atoms with Gasteiger partial charge in [-0.25, -0.2) is 0 Å². The summed E-state index contributed by atoms with van der Waals surface area (Å²) in [5.41, 5.74) is 0. The highest BCUT2D eigenvalue weighted by atomic mass is 16.6. The first-order chi connectivity index (χ1) is 24.7. The van der Waals surface area contributed by atoms with Crippen molar-refractivity contribution in [1.82, 2.24) is 0 Å². The van der Waals surface area contributed by atoms with Crippen LogP contribution in [0.5, 0.6) is 0 Å². The standard InChI is InChI=1S/C36H72O14/c1-4-6-7-8-9-36(37)50-33-32-48-29-28-46-25-24-44-21-20-42-17-16-40-13-12-38-10-11-39-14-15-41-18-19-43-22-23-45-26-27-47-30-31-49-34-35(3)5-2/h35H,4-34H2,1-3H3. The molecule has 0 aliphatic rings. The largest absolute Gasteiger partial charge is 0.463 e. The third-order valence-corrected chi connectivity index (χ3v) is 6.92. The highest BCUT2D eigenvalue weighted by molar-refractivity contribution is 5.69. The van der Waals surface area contributed by atoms with Gasteiger partial charge in [0.25, 0.3) is 0 Å². The van der Waals surface area contributed by atoms with E-state index in [4.69, 9.17) is 61.6 Å². The number of carbonyl (C=O) groups excluding carboxylic acids is 1. The minimum atomic E-state index is -0.152. The Morgan fingerprint density at radius 3 is 0.940 bits per heavy atom. The number of carbonyl (C=O) groups is 1. The van der Waals surface area contributed by atoms with E-state index in [0.717, 1.165) is 38.7 Å². The zero-order valence-corrected chi connectivity index (χ0v) is 31.7. The first-order valence-corrected chi connectivity index (χ1v) is 18.8. The Morgan fingerprint density at radius 1 is 0.380 bits per heavy atom. The Balaban J connectivity index is 3.09. The van der Waals surface area contributed by atoms with Gasteiger partial charge in [0.05, 0.1) is 152 Å². The van der Waals surface area contributed by atoms with Crippen LogP contribution >= 0.6 is 0 Å². The second-order valence-electron chi connectivity index (χ2n) is 11.4. The molecular formula is C36H72O14. The Kier molecular flexibility index (Phi) is 43.3. The molecule has 0 aliphatic heterocycles. The molecule has 0 spiro atoms. The predicted molar refractivity (Wildman–Crippen MR) is 189 cm³/mol. The van der Waals surface area contributed by atoms with Crippen molar-refractivity contribution in [2.45, 2.75) is 59.3 Å². The molecule has 0 N–H and O–H groups in total. The average molecular weight is 729 g/mol. The van der Waals surface area contributed by atoms with Crippen molar-refractivity contribution >= 4 is 5.97 Å². The van der Waals surface area contributed by atoms with Crippen molar-refractivity contribution in [2.24, 2.45) is 5.92 Å². The molecule has 0 bridgehead atoms. The summed E-state index contributed by atoms with van der Waals surface area (Å²) >= 11 is 0. The Morgan fingerprint density at radius 2 is 0.660 bits per heavy atom. The highest BCUT2D eigenvalue weighted by Gasteiger charge is 2.02. The van der Waals surface area contributed by atoms with Crippen LogP contribution in [0.25, 0.3) is 0 Å². The monoisotopic (exact) mass is 728 g/mol. The molecule has 0 aromatic carbocycles. The van der Waals surface area contributed by atoms with Crippen LogP contribution in [0.2, 0.25) is 0 Å². The van der Waals surface area contributed by atoms with Crippen LogP contribution in [-0.2, 0) is 66.4 Å². The lowest BCUT2D eigenvalue weighted by Gasteiger charge is -2.10. The van der Waals surface area contributed by atoms with Crippen LogP contribution in [0.1, 0.15) is 59.3 Å². The maximum absolute atomic E-state index is 11.6. The fraction of sp³-hybridized carbons (Fsp3) is 0.972. The molecule has 14 heteroatoms. The van der Waals surface area contributed by atoms with Gasteiger partial charge in [-0.15, -0.1) is 0 Å². The fourth-order valence-electron chi connectivity index (χ4n) is 3.80. The first kappa shape index (κ1) is 49.0. The van der Waals surface area contributed by atoms with E-state index in [9.17, 15) is 4.79 Å². The van der Waals surface area contributed by atoms with Gasteiger partial charge >= 0.3 is 5.97 Å². The summed E-state index contributed by atoms with van der Waals surface area (Å²) in [7, 11) is 0. The molecule has 0 saturated heterocycles. The minimum absolute atomic E-state index is 0.152. The normalized spacial score (nSPS) is 12.1. The van der Waals surface area contributed by atoms with Crippen LogP contribution in [-0.4, -0.2) is 171 Å². The molecule has 0 radical (unpaired) electrons. The van der Waals surface area contributed by atoms with E-state index in [0.29, 0.717) is 164 Å². The number of esters is 1. The number of hydrogen-bond acceptors (Lipinski definition) is 14. The third-order valence-electron chi connectivity index (χ3n) is 6.92. The van der Waals surface area contributed by atoms with Crippen LogP contribution < -0.4 is 0 Å². The predicted octanol–water partition coefficient (Wildman–Crippen LogP) is 3.75. The highest BCUT2D eigenvalue weighted by Crippen LogP contribution is 2.03. The average Bonchev–Trinajstić information content (AvgIpc) is 3.12. The number of hydrogen-bond donors (Lipinski definition) is 0. The summed E-state index contributed by atoms with van der Waals surface area (Å²) in [4.78, 5) is 11.6. The Hall–Kier alpha value is -1.01. The fourth-order valence-corrected chi connectivity index (χ4v) is 3.80. The van der Waals surface area contributed by atoms with E-state index >= 15 is 0 Å². The summed E-state index contributed by atoms with van der Waals surface area (Å²) in [5, 5.41) is 0. The smallest absolute Gasteiger partial charge is 0.305 e. The van der Waals surface area contributed by atoms with Crippen molar-refractivity contribution in [1.29, 1.82) is 0 Å². The van der Waals surface area contributed by atoms with Crippen LogP contribution in [0.4, 0.5) is 0 Å². The van der Waals surface area contributed by atoms with Crippen LogP contribution in [0.3, 0.4) is 0 Å². The third kappa shape index (κ3) is 43.2. The maximum atomic E-state index is 11.6. The summed E-state index contributed by atoms with van der Waals surface area (Å²) in [5.74, 6) is 0.442. The Bertz CT molecular complexity index is 646. The van der Waals surface area contributed by atoms with Gasteiger partial charge in [0.1, 0.15) is 6.61 Å². The van der Waals surface area contributed by atoms with Gasteiger partial charge in [-0.2, -0.15) is 0 Å². The van der Waals surface area contributed by atoms with E-state index in [-0.39, 0.29) is 12.6 Å². The van der Waals surface area contributed by atoms with Gasteiger partial charge in [-0.05, 0) is 12.3 Å². The lowest BCUT2D eigenvalue weighted by atomic mass is 10.1. The van der Waals surface area contributed by atoms with Gasteiger partial charge in [0, 0.05) is 13.0 Å². The van der Waals surface area contributed by atoms with Gasteiger partial charge in [0.15, 0.2) is 0 Å². The van der Waals surface area contributed by atoms with E-state index in [1.165, 1.54) is 0 Å². The van der Waals surface area contributed by atoms with Crippen molar-refractivity contribution in [3.63, 3.8) is 0 Å². The van der Waals surface area contributed by atoms with Gasteiger partial charge in [-0.1, -0.05) is 46.5 Å². The SMILES string of the molecule is CCCCCCC(=O)OCCOCCOCCOCCOCCOCCOCCOCCOCCOCCOCCOCCOCC(C)CC. The van der Waals surface area contributed by atoms with E-state index in [1.807, 2.05) is 0 Å². The minimum Gasteiger partial charge on any atom is -0.463 e. The second kappa shape index (κ2) is 44.2. The molecule has 1 atom stereocenters. The lowest BCUT2D eigenvalue weighted by Crippen LogP contribution is -2.16. The zero-order chi connectivity index (χ0) is 36.3. The van der Waals surface area contributed by atoms with Crippen molar-refractivity contribution in [3.05, 3.63) is 0 Å². The van der Waals surface area contributed by atoms with Crippen molar-refractivity contribution < 1.29 is 66.4 Å². The molecule has 1 unspecified atom stereocenters. The number of unbranched alkanes of at least 4 members (excludes halogenated alkanes) is 3. The van der Waals surface area contributed by atoms with Crippen LogP contribution in [0.15, 0.2) is 0 Å². The van der Waals surface area contributed by atoms with E-state index in [2.05, 4.69) is 20.8 Å². The first-order valence-electron chi connectivity index (χ1n) is 18.8. The summed E-state index contributed by atoms with van der Waals surface area (Å²) in [6.45, 7) is 19.3. The molecule has 0 rings (SSSR count). The molecular weight excluding hydrogens is 656 g/mol. The second-order valence-corrected chi connectivity index (χ2v) is 11.4. The molecule has 14 nitrogen and oxygen atoms in total. The van der Waals surface area contributed by atoms with Crippen molar-refractivity contribution in [3.8, 4) is 0 Å². The van der Waals surface area contributed by atoms with E-state index < -0.39 is 0 Å². The molecule has 0 saturated carbocycles. The quantitative estimate of drug-likeness (QED) is 0.0665. The Labute approximate surface area is 302 Å². The molecule has 0 fully saturated rings. The van der Waals surface area contributed by atoms with Gasteiger partial charge < -0.3 is 61.6 Å². The molecule has 0 aromatic rings. The van der Waals surface area contributed by atoms with Crippen LogP contribution in [0, 0.1) is 5.92 Å². The van der Waals surface area contributed by atoms with Gasteiger partial charge in [0.2, 0.25) is 0 Å². The van der Waals surface area contributed by atoms with Crippen molar-refractivity contribution in [2.75, 3.05) is 165 Å². The molecule has 0 heterocycles. The summed E-state index contributed by atoms with van der Waals surface area (Å²) in [6, 6.07) is 0. The topological polar surface area (TPSA) is 137 Å². The molecule has 50 heavy (non-hydrogen) atoms. The summed E-state index contributed by atoms with van der Waals surface area (Å²) in [6.07, 6.45) is 5.89. The van der Waals surface area contributed by atoms with E-state index in [1.54, 1.807) is 0 Å². The molecule has 0 aliphatic carbocycles. The maximum Gasteiger partial charge on any atom is 0.305 e. The summed E-state index contributed by atoms with van der Waals surface area (Å²) < 4.78 is 70.9. The number of rotatable bonds is 44.